The number of benzene rings is 5. The van der Waals surface area contributed by atoms with E-state index < -0.39 is 5.92 Å². The van der Waals surface area contributed by atoms with Crippen LogP contribution < -0.4 is 19.5 Å². The number of aromatic amines is 2. The lowest BCUT2D eigenvalue weighted by molar-refractivity contribution is -0.124. The first-order chi connectivity index (χ1) is 34.6. The lowest BCUT2D eigenvalue weighted by atomic mass is 9.68. The maximum Gasteiger partial charge on any atom is 0.305 e. The van der Waals surface area contributed by atoms with Crippen molar-refractivity contribution in [1.29, 1.82) is 0 Å². The summed E-state index contributed by atoms with van der Waals surface area (Å²) in [6.07, 6.45) is 1.64. The summed E-state index contributed by atoms with van der Waals surface area (Å²) in [5.74, 6) is -1.84. The van der Waals surface area contributed by atoms with Gasteiger partial charge in [0.1, 0.15) is 0 Å². The van der Waals surface area contributed by atoms with E-state index in [9.17, 15) is 28.8 Å². The third-order valence-corrected chi connectivity index (χ3v) is 23.3. The van der Waals surface area contributed by atoms with Crippen molar-refractivity contribution < 1.29 is 19.2 Å². The Morgan fingerprint density at radius 2 is 0.803 bits per heavy atom. The van der Waals surface area contributed by atoms with Gasteiger partial charge in [0.05, 0.1) is 45.1 Å². The Morgan fingerprint density at radius 1 is 0.437 bits per heavy atom. The average molecular weight is 1070 g/mol. The fraction of sp³-hybridized carbons (Fsp3) is 0.286. The topological polar surface area (TPSA) is 140 Å². The van der Waals surface area contributed by atoms with Crippen LogP contribution in [0.4, 0.5) is 11.4 Å². The molecule has 0 unspecified atom stereocenters. The number of carbonyl (C=O) groups excluding carboxylic acids is 4. The molecule has 8 aliphatic rings. The van der Waals surface area contributed by atoms with Gasteiger partial charge in [-0.3, -0.25) is 38.6 Å². The van der Waals surface area contributed by atoms with E-state index in [-0.39, 0.29) is 109 Å². The second-order valence-electron chi connectivity index (χ2n) is 20.6. The third-order valence-electron chi connectivity index (χ3n) is 17.6. The van der Waals surface area contributed by atoms with Crippen molar-refractivity contribution in [2.24, 2.45) is 59.2 Å². The summed E-state index contributed by atoms with van der Waals surface area (Å²) in [5, 5.41) is 1.95. The first-order valence-electron chi connectivity index (χ1n) is 24.3. The lowest BCUT2D eigenvalue weighted by Gasteiger charge is -2.43. The predicted molar refractivity (Wildman–Crippen MR) is 280 cm³/mol. The van der Waals surface area contributed by atoms with Crippen LogP contribution in [0.1, 0.15) is 45.6 Å². The number of nitrogens with zero attached hydrogens (tertiary/aromatic N) is 2. The molecule has 5 aromatic carbocycles. The Morgan fingerprint density at radius 3 is 1.23 bits per heavy atom. The Hall–Kier alpha value is -5.58. The van der Waals surface area contributed by atoms with Crippen molar-refractivity contribution in [2.45, 2.75) is 45.2 Å². The second-order valence-corrected chi connectivity index (χ2v) is 25.9. The molecule has 6 fully saturated rings. The molecule has 4 aliphatic carbocycles. The highest BCUT2D eigenvalue weighted by Gasteiger charge is 2.71. The van der Waals surface area contributed by atoms with Gasteiger partial charge >= 0.3 is 9.75 Å². The zero-order valence-corrected chi connectivity index (χ0v) is 42.3. The first kappa shape index (κ1) is 43.0. The summed E-state index contributed by atoms with van der Waals surface area (Å²) in [5.41, 5.74) is 7.60. The summed E-state index contributed by atoms with van der Waals surface area (Å²) in [7, 11) is 0. The fourth-order valence-electron chi connectivity index (χ4n) is 15.1. The molecular weight excluding hydrogens is 1030 g/mol. The number of halogens is 1. The van der Waals surface area contributed by atoms with Gasteiger partial charge < -0.3 is 9.97 Å². The van der Waals surface area contributed by atoms with Gasteiger partial charge in [-0.2, -0.15) is 0 Å². The molecule has 0 radical (unpaired) electrons. The number of anilines is 2. The van der Waals surface area contributed by atoms with Crippen LogP contribution in [0.3, 0.4) is 0 Å². The number of hydrogen-bond donors (Lipinski definition) is 2. The number of thioether (sulfide) groups is 2. The van der Waals surface area contributed by atoms with E-state index in [0.29, 0.717) is 11.4 Å². The van der Waals surface area contributed by atoms with Crippen molar-refractivity contribution in [3.05, 3.63) is 172 Å². The first-order valence-corrected chi connectivity index (χ1v) is 28.4. The Labute approximate surface area is 431 Å². The minimum Gasteiger partial charge on any atom is -0.307 e. The quantitative estimate of drug-likeness (QED) is 0.157. The summed E-state index contributed by atoms with van der Waals surface area (Å²) in [4.78, 5) is 94.3. The van der Waals surface area contributed by atoms with Gasteiger partial charge in [0, 0.05) is 36.6 Å². The molecule has 4 bridgehead atoms. The van der Waals surface area contributed by atoms with Gasteiger partial charge in [-0.1, -0.05) is 130 Å². The van der Waals surface area contributed by atoms with E-state index in [1.54, 1.807) is 23.5 Å². The lowest BCUT2D eigenvalue weighted by Crippen LogP contribution is -2.42. The molecule has 14 atom stereocenters. The molecule has 352 valence electrons. The maximum absolute atomic E-state index is 14.5. The van der Waals surface area contributed by atoms with E-state index in [1.807, 2.05) is 78.9 Å². The molecule has 15 heteroatoms. The van der Waals surface area contributed by atoms with E-state index in [0.717, 1.165) is 70.5 Å². The largest absolute Gasteiger partial charge is 0.307 e. The van der Waals surface area contributed by atoms with Gasteiger partial charge in [-0.15, -0.1) is 23.5 Å². The number of thiazole rings is 2. The number of aromatic nitrogens is 2. The number of carbonyl (C=O) groups is 4. The highest BCUT2D eigenvalue weighted by atomic mass is 79.9. The zero-order valence-electron chi connectivity index (χ0n) is 37.5. The minimum atomic E-state index is -0.393. The molecule has 2 saturated heterocycles. The molecule has 7 aromatic rings. The Bertz CT molecular complexity index is 3540. The highest BCUT2D eigenvalue weighted by Crippen LogP contribution is 2.70. The normalized spacial score (nSPS) is 32.5. The number of fused-ring (bicyclic) bond motifs is 18. The van der Waals surface area contributed by atoms with Gasteiger partial charge in [0.2, 0.25) is 23.6 Å². The standard InChI is InChI=1S/C56H41BrN4O6S4/c57-30-16-20-32(21-17-30)61-52(63)42-34-23-36(44(42)54(61)65)46-40(34)38(48-50(69-46)59-56(67)71-48)29-12-8-26(9-13-29)25-6-10-28(11-7-25)37-39-33-22-35(45(39)68-49-47(37)70-55(66)58-49)43-41(33)51(62)60(53(43)64)31-18-14-27(15-19-31)24-4-2-1-3-5-24/h1-21,33-46H,22-23H2,(H,58,66)(H,59,67)/t33-,34+,35-,36+,37-,38+,39-,40+,41+,42-,43-,44+,45-,46+/m0/s1. The van der Waals surface area contributed by atoms with Gasteiger partial charge in [0.25, 0.3) is 0 Å². The SMILES string of the molecule is O=C1[C@@H]2[C@H]3C[C@H]([C@@H]4Sc5[nH]c(=O)sc5[C@@H](c5ccc(-c6ccc([C@H]7c8sc(=O)[nH]c8S[C@@H]8[C@@H]9C[C@@H]([C@@H]%10C(=O)N(c%11ccc(Br)cc%11)C(=O)[C@H]9%10)[C@H]78)cc6)cc5)[C@H]34)[C@@H]2C(=O)N1c1ccc(-c2ccccc2)cc1. The second kappa shape index (κ2) is 15.7. The van der Waals surface area contributed by atoms with E-state index in [1.165, 1.54) is 32.5 Å². The number of rotatable bonds is 6. The summed E-state index contributed by atoms with van der Waals surface area (Å²) in [6.45, 7) is 0. The average Bonchev–Trinajstić information content (AvgIpc) is 4.28. The zero-order chi connectivity index (χ0) is 47.7. The van der Waals surface area contributed by atoms with E-state index in [4.69, 9.17) is 0 Å². The van der Waals surface area contributed by atoms with E-state index in [2.05, 4.69) is 74.4 Å². The smallest absolute Gasteiger partial charge is 0.305 e. The molecule has 2 aromatic heterocycles. The molecular formula is C56H41BrN4O6S4. The molecule has 4 saturated carbocycles. The van der Waals surface area contributed by atoms with E-state index >= 15 is 0 Å². The monoisotopic (exact) mass is 1070 g/mol. The van der Waals surface area contributed by atoms with Crippen molar-refractivity contribution in [1.82, 2.24) is 9.97 Å². The number of H-pyrrole nitrogens is 2. The van der Waals surface area contributed by atoms with Crippen LogP contribution in [-0.2, 0) is 19.2 Å². The highest BCUT2D eigenvalue weighted by molar-refractivity contribution is 9.10. The minimum absolute atomic E-state index is 0.00533. The third kappa shape index (κ3) is 6.13. The maximum atomic E-state index is 14.5. The van der Waals surface area contributed by atoms with Crippen LogP contribution in [0.15, 0.2) is 152 Å². The molecule has 10 nitrogen and oxygen atoms in total. The Balaban J connectivity index is 0.715. The van der Waals surface area contributed by atoms with Crippen LogP contribution in [0.2, 0.25) is 0 Å². The number of nitrogens with one attached hydrogen (secondary N) is 2. The van der Waals surface area contributed by atoms with Crippen LogP contribution in [0.25, 0.3) is 22.3 Å². The predicted octanol–water partition coefficient (Wildman–Crippen LogP) is 10.6. The molecule has 0 spiro atoms. The molecule has 4 aliphatic heterocycles. The molecule has 6 heterocycles. The summed E-state index contributed by atoms with van der Waals surface area (Å²) >= 11 is 9.41. The summed E-state index contributed by atoms with van der Waals surface area (Å²) in [6, 6.07) is 42.5. The number of amides is 4. The van der Waals surface area contributed by atoms with Crippen molar-refractivity contribution in [3.63, 3.8) is 0 Å². The fourth-order valence-corrected chi connectivity index (χ4v) is 21.1. The van der Waals surface area contributed by atoms with Gasteiger partial charge in [0.15, 0.2) is 0 Å². The molecule has 4 amide bonds. The molecule has 71 heavy (non-hydrogen) atoms. The van der Waals surface area contributed by atoms with Gasteiger partial charge in [-0.05, 0) is 118 Å². The van der Waals surface area contributed by atoms with Crippen LogP contribution in [-0.4, -0.2) is 44.1 Å². The van der Waals surface area contributed by atoms with Crippen LogP contribution in [0.5, 0.6) is 0 Å². The number of hydrogen-bond acceptors (Lipinski definition) is 10. The van der Waals surface area contributed by atoms with Crippen LogP contribution >= 0.6 is 62.1 Å². The van der Waals surface area contributed by atoms with Crippen LogP contribution in [0, 0.1) is 59.2 Å². The van der Waals surface area contributed by atoms with Crippen molar-refractivity contribution in [2.75, 3.05) is 9.80 Å². The molecule has 15 rings (SSSR count). The summed E-state index contributed by atoms with van der Waals surface area (Å²) < 4.78 is 0.883. The van der Waals surface area contributed by atoms with Gasteiger partial charge in [-0.25, -0.2) is 0 Å². The van der Waals surface area contributed by atoms with Crippen molar-refractivity contribution >= 4 is 97.1 Å². The van der Waals surface area contributed by atoms with Crippen molar-refractivity contribution in [3.8, 4) is 22.3 Å². The number of imide groups is 2. The molecule has 2 N–H and O–H groups in total. The Kier molecular flexibility index (Phi) is 9.52.